The minimum atomic E-state index is 0.877. The van der Waals surface area contributed by atoms with Gasteiger partial charge in [-0.3, -0.25) is 0 Å². The van der Waals surface area contributed by atoms with E-state index in [1.807, 2.05) is 0 Å². The third kappa shape index (κ3) is 5.51. The van der Waals surface area contributed by atoms with Crippen LogP contribution in [0.3, 0.4) is 0 Å². The Kier molecular flexibility index (Phi) is 8.07. The third-order valence-corrected chi connectivity index (χ3v) is 10.8. The summed E-state index contributed by atoms with van der Waals surface area (Å²) in [5.41, 5.74) is 13.8. The molecule has 3 aromatic heterocycles. The number of benzene rings is 7. The van der Waals surface area contributed by atoms with Crippen molar-refractivity contribution in [2.45, 2.75) is 26.7 Å². The molecule has 0 fully saturated rings. The highest BCUT2D eigenvalue weighted by molar-refractivity contribution is 6.13. The van der Waals surface area contributed by atoms with Gasteiger partial charge in [-0.1, -0.05) is 136 Å². The summed E-state index contributed by atoms with van der Waals surface area (Å²) in [6.45, 7) is 4.25. The van der Waals surface area contributed by atoms with Crippen molar-refractivity contribution >= 4 is 71.2 Å². The lowest BCUT2D eigenvalue weighted by Crippen LogP contribution is -1.96. The van der Waals surface area contributed by atoms with Gasteiger partial charge < -0.3 is 13.6 Å². The van der Waals surface area contributed by atoms with E-state index in [-0.39, 0.29) is 0 Å². The van der Waals surface area contributed by atoms with Crippen molar-refractivity contribution < 1.29 is 4.42 Å². The molecule has 3 heterocycles. The average molecular weight is 709 g/mol. The highest BCUT2D eigenvalue weighted by Crippen LogP contribution is 2.40. The maximum Gasteiger partial charge on any atom is 0.135 e. The molecule has 0 atom stereocenters. The molecule has 0 saturated heterocycles. The first-order chi connectivity index (χ1) is 27.2. The van der Waals surface area contributed by atoms with Gasteiger partial charge in [0.1, 0.15) is 11.2 Å². The van der Waals surface area contributed by atoms with Gasteiger partial charge in [0, 0.05) is 50.1 Å². The van der Waals surface area contributed by atoms with Crippen LogP contribution in [0, 0.1) is 0 Å². The second-order valence-electron chi connectivity index (χ2n) is 14.4. The highest BCUT2D eigenvalue weighted by Gasteiger charge is 2.17. The molecule has 11 rings (SSSR count). The molecule has 0 spiro atoms. The van der Waals surface area contributed by atoms with E-state index in [1.54, 1.807) is 0 Å². The minimum Gasteiger partial charge on any atom is -0.456 e. The number of allylic oxidation sites excluding steroid dienone is 6. The summed E-state index contributed by atoms with van der Waals surface area (Å²) < 4.78 is 11.2. The predicted molar refractivity (Wildman–Crippen MR) is 235 cm³/mol. The fourth-order valence-electron chi connectivity index (χ4n) is 8.33. The molecule has 264 valence electrons. The van der Waals surface area contributed by atoms with Crippen molar-refractivity contribution in [1.82, 2.24) is 9.13 Å². The summed E-state index contributed by atoms with van der Waals surface area (Å²) in [5, 5.41) is 7.29. The van der Waals surface area contributed by atoms with Gasteiger partial charge in [-0.15, -0.1) is 0 Å². The normalized spacial score (nSPS) is 12.9. The van der Waals surface area contributed by atoms with E-state index in [2.05, 4.69) is 205 Å². The van der Waals surface area contributed by atoms with Gasteiger partial charge in [-0.05, 0) is 89.0 Å². The Morgan fingerprint density at radius 1 is 0.436 bits per heavy atom. The van der Waals surface area contributed by atoms with Crippen LogP contribution in [-0.2, 0) is 0 Å². The van der Waals surface area contributed by atoms with Crippen LogP contribution in [0.1, 0.15) is 26.7 Å². The molecule has 0 aliphatic heterocycles. The van der Waals surface area contributed by atoms with Gasteiger partial charge >= 0.3 is 0 Å². The largest absolute Gasteiger partial charge is 0.456 e. The molecule has 1 aliphatic rings. The van der Waals surface area contributed by atoms with Gasteiger partial charge in [0.15, 0.2) is 0 Å². The number of hydrogen-bond acceptors (Lipinski definition) is 1. The van der Waals surface area contributed by atoms with E-state index < -0.39 is 0 Å². The number of furan rings is 1. The standard InChI is InChI=1S/C49H32N2O.C3H8/c1-2-5-13-36(12-4-1)50-44-18-10-8-16-38(44)40-24-20-34(30-46(40)50)32-22-26-48-42(28-32)43-29-33(23-27-49(43)52-48)35-21-25-41-39-17-9-11-19-45(39)51(47(41)31-35)37-14-6-3-7-15-37;1-3-2/h1-12,14-31H,13H2;3H2,1-2H3. The highest BCUT2D eigenvalue weighted by atomic mass is 16.3. The molecule has 3 heteroatoms. The molecule has 1 aliphatic carbocycles. The van der Waals surface area contributed by atoms with E-state index in [0.717, 1.165) is 39.6 Å². The quantitative estimate of drug-likeness (QED) is 0.178. The van der Waals surface area contributed by atoms with Crippen molar-refractivity contribution in [2.24, 2.45) is 0 Å². The van der Waals surface area contributed by atoms with Crippen molar-refractivity contribution in [3.63, 3.8) is 0 Å². The van der Waals surface area contributed by atoms with Gasteiger partial charge in [-0.25, -0.2) is 0 Å². The summed E-state index contributed by atoms with van der Waals surface area (Å²) >= 11 is 0. The van der Waals surface area contributed by atoms with Crippen LogP contribution < -0.4 is 0 Å². The minimum absolute atomic E-state index is 0.877. The Labute approximate surface area is 320 Å². The monoisotopic (exact) mass is 708 g/mol. The maximum absolute atomic E-state index is 6.41. The van der Waals surface area contributed by atoms with E-state index in [9.17, 15) is 0 Å². The molecule has 3 nitrogen and oxygen atoms in total. The second-order valence-corrected chi connectivity index (χ2v) is 14.4. The fraction of sp³-hybridized carbons (Fsp3) is 0.0769. The Balaban J connectivity index is 0.00000120. The number of fused-ring (bicyclic) bond motifs is 9. The molecule has 0 bridgehead atoms. The van der Waals surface area contributed by atoms with E-state index in [0.29, 0.717) is 0 Å². The molecular formula is C52H40N2O. The summed E-state index contributed by atoms with van der Waals surface area (Å²) in [4.78, 5) is 0. The third-order valence-electron chi connectivity index (χ3n) is 10.8. The van der Waals surface area contributed by atoms with Gasteiger partial charge in [-0.2, -0.15) is 0 Å². The van der Waals surface area contributed by atoms with Crippen LogP contribution in [0.2, 0.25) is 0 Å². The van der Waals surface area contributed by atoms with Crippen LogP contribution >= 0.6 is 0 Å². The number of hydrogen-bond donors (Lipinski definition) is 0. The lowest BCUT2D eigenvalue weighted by Gasteiger charge is -2.11. The first-order valence-corrected chi connectivity index (χ1v) is 19.3. The van der Waals surface area contributed by atoms with Crippen molar-refractivity contribution in [3.05, 3.63) is 182 Å². The van der Waals surface area contributed by atoms with Gasteiger partial charge in [0.05, 0.1) is 22.1 Å². The molecule has 7 aromatic carbocycles. The number of aromatic nitrogens is 2. The molecular weight excluding hydrogens is 669 g/mol. The molecule has 10 aromatic rings. The Morgan fingerprint density at radius 2 is 0.927 bits per heavy atom. The van der Waals surface area contributed by atoms with Gasteiger partial charge in [0.25, 0.3) is 0 Å². The van der Waals surface area contributed by atoms with Crippen LogP contribution in [0.15, 0.2) is 186 Å². The Hall–Kier alpha value is -6.84. The Bertz CT molecular complexity index is 3160. The molecule has 0 unspecified atom stereocenters. The molecule has 0 radical (unpaired) electrons. The topological polar surface area (TPSA) is 23.0 Å². The van der Waals surface area contributed by atoms with E-state index in [1.165, 1.54) is 72.4 Å². The smallest absolute Gasteiger partial charge is 0.135 e. The fourth-order valence-corrected chi connectivity index (χ4v) is 8.33. The van der Waals surface area contributed by atoms with Gasteiger partial charge in [0.2, 0.25) is 0 Å². The lowest BCUT2D eigenvalue weighted by molar-refractivity contribution is 0.669. The first-order valence-electron chi connectivity index (χ1n) is 19.3. The lowest BCUT2D eigenvalue weighted by atomic mass is 9.99. The summed E-state index contributed by atoms with van der Waals surface area (Å²) in [6.07, 6.45) is 13.0. The molecule has 0 N–H and O–H groups in total. The molecule has 55 heavy (non-hydrogen) atoms. The predicted octanol–water partition coefficient (Wildman–Crippen LogP) is 14.9. The summed E-state index contributed by atoms with van der Waals surface area (Å²) in [6, 6.07) is 55.0. The van der Waals surface area contributed by atoms with Crippen LogP contribution in [0.5, 0.6) is 0 Å². The van der Waals surface area contributed by atoms with Crippen LogP contribution in [0.25, 0.3) is 99.2 Å². The number of nitrogens with zero attached hydrogens (tertiary/aromatic N) is 2. The molecule has 0 amide bonds. The van der Waals surface area contributed by atoms with E-state index >= 15 is 0 Å². The van der Waals surface area contributed by atoms with Crippen LogP contribution in [0.4, 0.5) is 0 Å². The summed E-state index contributed by atoms with van der Waals surface area (Å²) in [5.74, 6) is 0. The van der Waals surface area contributed by atoms with E-state index in [4.69, 9.17) is 4.42 Å². The SMILES string of the molecule is C1=CC=C(n2c3ccccc3c3ccc(-c4ccc5oc6ccc(-c7ccc8c9ccccc9n(-c9ccccc9)c8c7)cc6c5c4)cc32)CC=C1.CCC. The second kappa shape index (κ2) is 13.5. The average Bonchev–Trinajstić information content (AvgIpc) is 3.79. The number of para-hydroxylation sites is 3. The summed E-state index contributed by atoms with van der Waals surface area (Å²) in [7, 11) is 0. The first kappa shape index (κ1) is 32.8. The van der Waals surface area contributed by atoms with Crippen molar-refractivity contribution in [2.75, 3.05) is 0 Å². The zero-order valence-electron chi connectivity index (χ0n) is 31.0. The zero-order chi connectivity index (χ0) is 36.9. The van der Waals surface area contributed by atoms with Crippen LogP contribution in [-0.4, -0.2) is 9.13 Å². The Morgan fingerprint density at radius 3 is 1.55 bits per heavy atom. The maximum atomic E-state index is 6.41. The number of rotatable bonds is 4. The molecule has 0 saturated carbocycles. The zero-order valence-corrected chi connectivity index (χ0v) is 31.0. The van der Waals surface area contributed by atoms with Crippen molar-refractivity contribution in [1.29, 1.82) is 0 Å². The van der Waals surface area contributed by atoms with Crippen molar-refractivity contribution in [3.8, 4) is 27.9 Å².